The van der Waals surface area contributed by atoms with E-state index in [1.165, 1.54) is 7.11 Å². The largest absolute Gasteiger partial charge is 0.467 e. The lowest BCUT2D eigenvalue weighted by atomic mass is 9.90. The molecule has 2 unspecified atom stereocenters. The average Bonchev–Trinajstić information content (AvgIpc) is 2.52. The van der Waals surface area contributed by atoms with Crippen molar-refractivity contribution in [1.29, 1.82) is 0 Å². The summed E-state index contributed by atoms with van der Waals surface area (Å²) in [5.41, 5.74) is 0.668. The molecule has 3 nitrogen and oxygen atoms in total. The van der Waals surface area contributed by atoms with E-state index in [2.05, 4.69) is 4.74 Å². The van der Waals surface area contributed by atoms with Crippen LogP contribution in [0.5, 0.6) is 0 Å². The van der Waals surface area contributed by atoms with Gasteiger partial charge in [0.05, 0.1) is 7.11 Å². The van der Waals surface area contributed by atoms with Crippen LogP contribution in [0.15, 0.2) is 24.3 Å². The van der Waals surface area contributed by atoms with E-state index in [0.717, 1.165) is 11.1 Å². The third kappa shape index (κ3) is 1.35. The second-order valence-electron chi connectivity index (χ2n) is 4.01. The normalized spacial score (nSPS) is 28.6. The van der Waals surface area contributed by atoms with Crippen LogP contribution < -0.4 is 0 Å². The molecule has 0 aliphatic heterocycles. The molecule has 0 saturated heterocycles. The highest BCUT2D eigenvalue weighted by Crippen LogP contribution is 2.41. The zero-order chi connectivity index (χ0) is 11.1. The molecule has 15 heavy (non-hydrogen) atoms. The number of benzene rings is 1. The maximum Gasteiger partial charge on any atom is 0.338 e. The van der Waals surface area contributed by atoms with Gasteiger partial charge >= 0.3 is 5.97 Å². The van der Waals surface area contributed by atoms with Crippen molar-refractivity contribution in [2.45, 2.75) is 24.9 Å². The van der Waals surface area contributed by atoms with Crippen molar-refractivity contribution in [3.63, 3.8) is 0 Å². The summed E-state index contributed by atoms with van der Waals surface area (Å²) in [6.45, 7) is 1.85. The van der Waals surface area contributed by atoms with Crippen molar-refractivity contribution < 1.29 is 14.6 Å². The molecule has 0 amide bonds. The Morgan fingerprint density at radius 1 is 1.53 bits per heavy atom. The highest BCUT2D eigenvalue weighted by molar-refractivity contribution is 5.82. The van der Waals surface area contributed by atoms with Gasteiger partial charge in [0.25, 0.3) is 0 Å². The number of ether oxygens (including phenoxy) is 1. The summed E-state index contributed by atoms with van der Waals surface area (Å²) in [4.78, 5) is 11.5. The predicted molar refractivity (Wildman–Crippen MR) is 55.5 cm³/mol. The molecule has 1 aliphatic rings. The molecule has 0 aromatic heterocycles. The number of fused-ring (bicyclic) bond motifs is 1. The van der Waals surface area contributed by atoms with Gasteiger partial charge in [-0.2, -0.15) is 0 Å². The minimum absolute atomic E-state index is 0.207. The topological polar surface area (TPSA) is 46.5 Å². The van der Waals surface area contributed by atoms with Gasteiger partial charge < -0.3 is 9.84 Å². The van der Waals surface area contributed by atoms with Crippen molar-refractivity contribution in [1.82, 2.24) is 0 Å². The molecular weight excluding hydrogens is 192 g/mol. The zero-order valence-electron chi connectivity index (χ0n) is 8.86. The fourth-order valence-corrected chi connectivity index (χ4v) is 2.24. The lowest BCUT2D eigenvalue weighted by molar-refractivity contribution is -0.163. The Morgan fingerprint density at radius 2 is 2.20 bits per heavy atom. The van der Waals surface area contributed by atoms with Crippen LogP contribution in [0.2, 0.25) is 0 Å². The number of methoxy groups -OCH3 is 1. The summed E-state index contributed by atoms with van der Waals surface area (Å²) in [6.07, 6.45) is 0.344. The van der Waals surface area contributed by atoms with Gasteiger partial charge in [0.2, 0.25) is 0 Å². The lowest BCUT2D eigenvalue weighted by Crippen LogP contribution is -2.42. The lowest BCUT2D eigenvalue weighted by Gasteiger charge is -2.24. The van der Waals surface area contributed by atoms with Crippen molar-refractivity contribution >= 4 is 5.97 Å². The summed E-state index contributed by atoms with van der Waals surface area (Å²) >= 11 is 0. The molecule has 1 N–H and O–H groups in total. The van der Waals surface area contributed by atoms with E-state index >= 15 is 0 Å². The number of esters is 1. The molecule has 0 bridgehead atoms. The number of hydrogen-bond acceptors (Lipinski definition) is 3. The Morgan fingerprint density at radius 3 is 2.80 bits per heavy atom. The Kier molecular flexibility index (Phi) is 2.27. The Labute approximate surface area is 88.7 Å². The van der Waals surface area contributed by atoms with Crippen molar-refractivity contribution in [2.75, 3.05) is 7.11 Å². The molecule has 3 heteroatoms. The minimum Gasteiger partial charge on any atom is -0.467 e. The minimum atomic E-state index is -1.39. The van der Waals surface area contributed by atoms with E-state index in [1.54, 1.807) is 0 Å². The van der Waals surface area contributed by atoms with Gasteiger partial charge in [0.1, 0.15) is 0 Å². The maximum atomic E-state index is 11.5. The van der Waals surface area contributed by atoms with Crippen molar-refractivity contribution in [3.05, 3.63) is 35.4 Å². The van der Waals surface area contributed by atoms with E-state index in [0.29, 0.717) is 6.42 Å². The molecule has 2 atom stereocenters. The molecule has 2 rings (SSSR count). The third-order valence-corrected chi connectivity index (χ3v) is 3.24. The van der Waals surface area contributed by atoms with Crippen LogP contribution in [0.1, 0.15) is 24.0 Å². The molecule has 80 valence electrons. The first-order valence-corrected chi connectivity index (χ1v) is 4.98. The van der Waals surface area contributed by atoms with Gasteiger partial charge in [-0.3, -0.25) is 0 Å². The maximum absolute atomic E-state index is 11.5. The Hall–Kier alpha value is -1.35. The van der Waals surface area contributed by atoms with Crippen LogP contribution in [0.25, 0.3) is 0 Å². The SMILES string of the molecule is COC(=O)C1(O)Cc2ccccc2C1C. The molecule has 0 heterocycles. The van der Waals surface area contributed by atoms with E-state index in [9.17, 15) is 9.90 Å². The van der Waals surface area contributed by atoms with Crippen LogP contribution in [-0.4, -0.2) is 23.8 Å². The van der Waals surface area contributed by atoms with Gasteiger partial charge in [-0.15, -0.1) is 0 Å². The molecule has 0 saturated carbocycles. The first-order chi connectivity index (χ1) is 7.09. The highest BCUT2D eigenvalue weighted by Gasteiger charge is 2.48. The van der Waals surface area contributed by atoms with Gasteiger partial charge in [-0.05, 0) is 11.1 Å². The van der Waals surface area contributed by atoms with Gasteiger partial charge in [-0.25, -0.2) is 4.79 Å². The van der Waals surface area contributed by atoms with Crippen LogP contribution in [0.4, 0.5) is 0 Å². The Bertz CT molecular complexity index is 400. The van der Waals surface area contributed by atoms with Gasteiger partial charge in [0, 0.05) is 12.3 Å². The first kappa shape index (κ1) is 10.2. The summed E-state index contributed by atoms with van der Waals surface area (Å²) in [7, 11) is 1.30. The molecule has 1 aromatic carbocycles. The average molecular weight is 206 g/mol. The second-order valence-corrected chi connectivity index (χ2v) is 4.01. The number of carbonyl (C=O) groups is 1. The Balaban J connectivity index is 2.42. The van der Waals surface area contributed by atoms with E-state index < -0.39 is 11.6 Å². The fraction of sp³-hybridized carbons (Fsp3) is 0.417. The van der Waals surface area contributed by atoms with Crippen LogP contribution in [0, 0.1) is 0 Å². The number of hydrogen-bond donors (Lipinski definition) is 1. The molecule has 1 aliphatic carbocycles. The van der Waals surface area contributed by atoms with Gasteiger partial charge in [0.15, 0.2) is 5.60 Å². The second kappa shape index (κ2) is 3.35. The summed E-state index contributed by atoms with van der Waals surface area (Å²) in [5.74, 6) is -0.757. The van der Waals surface area contributed by atoms with Gasteiger partial charge in [-0.1, -0.05) is 31.2 Å². The molecular formula is C12H14O3. The fourth-order valence-electron chi connectivity index (χ4n) is 2.24. The first-order valence-electron chi connectivity index (χ1n) is 4.98. The van der Waals surface area contributed by atoms with E-state index in [1.807, 2.05) is 31.2 Å². The molecule has 0 fully saturated rings. The highest BCUT2D eigenvalue weighted by atomic mass is 16.5. The standard InChI is InChI=1S/C12H14O3/c1-8-10-6-4-3-5-9(10)7-12(8,14)11(13)15-2/h3-6,8,14H,7H2,1-2H3. The van der Waals surface area contributed by atoms with Crippen LogP contribution in [-0.2, 0) is 16.0 Å². The molecule has 0 spiro atoms. The van der Waals surface area contributed by atoms with Crippen molar-refractivity contribution in [2.24, 2.45) is 0 Å². The third-order valence-electron chi connectivity index (χ3n) is 3.24. The summed E-state index contributed by atoms with van der Waals surface area (Å²) in [6, 6.07) is 7.71. The predicted octanol–water partition coefficient (Wildman–Crippen LogP) is 1.25. The van der Waals surface area contributed by atoms with E-state index in [-0.39, 0.29) is 5.92 Å². The molecule has 0 radical (unpaired) electrons. The monoisotopic (exact) mass is 206 g/mol. The zero-order valence-corrected chi connectivity index (χ0v) is 8.86. The van der Waals surface area contributed by atoms with Crippen LogP contribution in [0.3, 0.4) is 0 Å². The summed E-state index contributed by atoms with van der Waals surface area (Å²) in [5, 5.41) is 10.3. The van der Waals surface area contributed by atoms with E-state index in [4.69, 9.17) is 0 Å². The van der Waals surface area contributed by atoms with Crippen LogP contribution >= 0.6 is 0 Å². The summed E-state index contributed by atoms with van der Waals surface area (Å²) < 4.78 is 4.65. The number of aliphatic hydroxyl groups is 1. The smallest absolute Gasteiger partial charge is 0.338 e. The molecule has 1 aromatic rings. The quantitative estimate of drug-likeness (QED) is 0.703. The number of carbonyl (C=O) groups excluding carboxylic acids is 1. The van der Waals surface area contributed by atoms with Crippen molar-refractivity contribution in [3.8, 4) is 0 Å². The number of rotatable bonds is 1.